The quantitative estimate of drug-likeness (QED) is 0.698. The van der Waals surface area contributed by atoms with Crippen LogP contribution in [0.25, 0.3) is 0 Å². The van der Waals surface area contributed by atoms with E-state index in [4.69, 9.17) is 14.6 Å². The van der Waals surface area contributed by atoms with E-state index in [9.17, 15) is 4.79 Å². The fraction of sp³-hybridized carbons (Fsp3) is 0.900. The first-order chi connectivity index (χ1) is 7.15. The lowest BCUT2D eigenvalue weighted by molar-refractivity contribution is -0.147. The van der Waals surface area contributed by atoms with Gasteiger partial charge in [-0.3, -0.25) is 4.79 Å². The number of carbonyl (C=O) groups excluding carboxylic acids is 1. The average Bonchev–Trinajstić information content (AvgIpc) is 2.25. The Kier molecular flexibility index (Phi) is 5.01. The van der Waals surface area contributed by atoms with Gasteiger partial charge in [0.05, 0.1) is 32.0 Å². The number of hydrogen-bond acceptors (Lipinski definition) is 4. The van der Waals surface area contributed by atoms with Crippen LogP contribution < -0.4 is 0 Å². The first-order valence-electron chi connectivity index (χ1n) is 5.24. The molecular formula is C10H19NO4. The van der Waals surface area contributed by atoms with Gasteiger partial charge in [0.1, 0.15) is 6.61 Å². The minimum Gasteiger partial charge on any atom is -0.394 e. The van der Waals surface area contributed by atoms with Crippen molar-refractivity contribution in [3.63, 3.8) is 0 Å². The molecule has 1 atom stereocenters. The summed E-state index contributed by atoms with van der Waals surface area (Å²) in [5.74, 6) is -0.0777. The number of nitrogens with zero attached hydrogens (tertiary/aromatic N) is 1. The normalized spacial score (nSPS) is 22.1. The molecule has 1 aliphatic heterocycles. The molecule has 1 unspecified atom stereocenters. The van der Waals surface area contributed by atoms with E-state index in [1.165, 1.54) is 0 Å². The Balaban J connectivity index is 2.41. The van der Waals surface area contributed by atoms with E-state index in [1.54, 1.807) is 4.90 Å². The van der Waals surface area contributed by atoms with Gasteiger partial charge in [-0.25, -0.2) is 0 Å². The van der Waals surface area contributed by atoms with Gasteiger partial charge in [0.2, 0.25) is 5.91 Å². The topological polar surface area (TPSA) is 59.0 Å². The van der Waals surface area contributed by atoms with Crippen molar-refractivity contribution < 1.29 is 19.4 Å². The maximum absolute atomic E-state index is 11.7. The van der Waals surface area contributed by atoms with E-state index in [-0.39, 0.29) is 31.3 Å². The van der Waals surface area contributed by atoms with Crippen LogP contribution in [0, 0.1) is 0 Å². The van der Waals surface area contributed by atoms with E-state index in [0.717, 1.165) is 0 Å². The molecule has 15 heavy (non-hydrogen) atoms. The SMILES string of the molecule is CC(C)OCC(=O)N1CCOCC1CO. The lowest BCUT2D eigenvalue weighted by Crippen LogP contribution is -2.51. The second kappa shape index (κ2) is 6.05. The molecule has 1 heterocycles. The third-order valence-corrected chi connectivity index (χ3v) is 2.30. The number of aliphatic hydroxyl groups excluding tert-OH is 1. The maximum atomic E-state index is 11.7. The smallest absolute Gasteiger partial charge is 0.249 e. The molecule has 1 saturated heterocycles. The number of morpholine rings is 1. The molecule has 5 nitrogen and oxygen atoms in total. The number of aliphatic hydroxyl groups is 1. The van der Waals surface area contributed by atoms with E-state index in [2.05, 4.69) is 0 Å². The summed E-state index contributed by atoms with van der Waals surface area (Å²) in [6, 6.07) is -0.220. The highest BCUT2D eigenvalue weighted by Crippen LogP contribution is 2.07. The Morgan fingerprint density at radius 3 is 3.00 bits per heavy atom. The van der Waals surface area contributed by atoms with Gasteiger partial charge in [0, 0.05) is 6.54 Å². The highest BCUT2D eigenvalue weighted by molar-refractivity contribution is 5.77. The second-order valence-corrected chi connectivity index (χ2v) is 3.86. The van der Waals surface area contributed by atoms with Gasteiger partial charge in [-0.05, 0) is 13.8 Å². The van der Waals surface area contributed by atoms with Crippen LogP contribution in [0.15, 0.2) is 0 Å². The summed E-state index contributed by atoms with van der Waals surface area (Å²) in [5, 5.41) is 9.07. The minimum atomic E-state index is -0.220. The summed E-state index contributed by atoms with van der Waals surface area (Å²) in [5.41, 5.74) is 0. The number of amides is 1. The van der Waals surface area contributed by atoms with Crippen molar-refractivity contribution >= 4 is 5.91 Å². The van der Waals surface area contributed by atoms with Gasteiger partial charge in [-0.2, -0.15) is 0 Å². The Morgan fingerprint density at radius 1 is 1.67 bits per heavy atom. The lowest BCUT2D eigenvalue weighted by Gasteiger charge is -2.34. The predicted octanol–water partition coefficient (Wildman–Crippen LogP) is -0.369. The number of hydrogen-bond donors (Lipinski definition) is 1. The fourth-order valence-corrected chi connectivity index (χ4v) is 1.46. The van der Waals surface area contributed by atoms with Crippen LogP contribution in [0.2, 0.25) is 0 Å². The first-order valence-corrected chi connectivity index (χ1v) is 5.24. The van der Waals surface area contributed by atoms with E-state index in [0.29, 0.717) is 19.8 Å². The third kappa shape index (κ3) is 3.77. The summed E-state index contributed by atoms with van der Waals surface area (Å²) in [4.78, 5) is 13.3. The molecule has 1 aliphatic rings. The summed E-state index contributed by atoms with van der Waals surface area (Å²) in [6.07, 6.45) is 0.0440. The molecule has 0 radical (unpaired) electrons. The summed E-state index contributed by atoms with van der Waals surface area (Å²) in [6.45, 7) is 5.26. The van der Waals surface area contributed by atoms with E-state index in [1.807, 2.05) is 13.8 Å². The largest absolute Gasteiger partial charge is 0.394 e. The van der Waals surface area contributed by atoms with Gasteiger partial charge in [0.25, 0.3) is 0 Å². The molecule has 0 aromatic carbocycles. The zero-order valence-corrected chi connectivity index (χ0v) is 9.31. The first kappa shape index (κ1) is 12.4. The highest BCUT2D eigenvalue weighted by atomic mass is 16.5. The molecule has 1 amide bonds. The van der Waals surface area contributed by atoms with Crippen molar-refractivity contribution in [1.29, 1.82) is 0 Å². The Hall–Kier alpha value is -0.650. The lowest BCUT2D eigenvalue weighted by atomic mass is 10.2. The van der Waals surface area contributed by atoms with Gasteiger partial charge < -0.3 is 19.5 Å². The third-order valence-electron chi connectivity index (χ3n) is 2.30. The van der Waals surface area contributed by atoms with Crippen molar-refractivity contribution in [1.82, 2.24) is 4.90 Å². The highest BCUT2D eigenvalue weighted by Gasteiger charge is 2.26. The fourth-order valence-electron chi connectivity index (χ4n) is 1.46. The monoisotopic (exact) mass is 217 g/mol. The molecule has 0 aromatic heterocycles. The van der Waals surface area contributed by atoms with Gasteiger partial charge in [0.15, 0.2) is 0 Å². The van der Waals surface area contributed by atoms with Gasteiger partial charge in [-0.15, -0.1) is 0 Å². The van der Waals surface area contributed by atoms with E-state index >= 15 is 0 Å². The van der Waals surface area contributed by atoms with Crippen LogP contribution in [0.1, 0.15) is 13.8 Å². The van der Waals surface area contributed by atoms with Crippen LogP contribution in [0.5, 0.6) is 0 Å². The second-order valence-electron chi connectivity index (χ2n) is 3.86. The Labute approximate surface area is 90.0 Å². The molecule has 0 aliphatic carbocycles. The Morgan fingerprint density at radius 2 is 2.40 bits per heavy atom. The molecule has 0 saturated carbocycles. The van der Waals surface area contributed by atoms with Gasteiger partial charge in [-0.1, -0.05) is 0 Å². The minimum absolute atomic E-state index is 0.0440. The number of ether oxygens (including phenoxy) is 2. The Bertz CT molecular complexity index is 208. The van der Waals surface area contributed by atoms with Crippen molar-refractivity contribution in [3.8, 4) is 0 Å². The molecule has 0 spiro atoms. The van der Waals surface area contributed by atoms with Crippen molar-refractivity contribution in [2.24, 2.45) is 0 Å². The van der Waals surface area contributed by atoms with Crippen molar-refractivity contribution in [3.05, 3.63) is 0 Å². The molecule has 1 rings (SSSR count). The van der Waals surface area contributed by atoms with Crippen LogP contribution in [-0.2, 0) is 14.3 Å². The molecule has 0 aromatic rings. The standard InChI is InChI=1S/C10H19NO4/c1-8(2)15-7-10(13)11-3-4-14-6-9(11)5-12/h8-9,12H,3-7H2,1-2H3. The van der Waals surface area contributed by atoms with Crippen molar-refractivity contribution in [2.45, 2.75) is 26.0 Å². The van der Waals surface area contributed by atoms with Crippen LogP contribution in [0.4, 0.5) is 0 Å². The van der Waals surface area contributed by atoms with Crippen LogP contribution in [0.3, 0.4) is 0 Å². The number of carbonyl (C=O) groups is 1. The van der Waals surface area contributed by atoms with E-state index < -0.39 is 0 Å². The van der Waals surface area contributed by atoms with Gasteiger partial charge >= 0.3 is 0 Å². The zero-order chi connectivity index (χ0) is 11.3. The maximum Gasteiger partial charge on any atom is 0.249 e. The molecule has 88 valence electrons. The summed E-state index contributed by atoms with van der Waals surface area (Å²) in [7, 11) is 0. The van der Waals surface area contributed by atoms with Crippen LogP contribution >= 0.6 is 0 Å². The summed E-state index contributed by atoms with van der Waals surface area (Å²) < 4.78 is 10.4. The van der Waals surface area contributed by atoms with Crippen LogP contribution in [-0.4, -0.2) is 61.0 Å². The number of rotatable bonds is 4. The molecule has 1 fully saturated rings. The predicted molar refractivity (Wildman–Crippen MR) is 54.5 cm³/mol. The molecule has 1 N–H and O–H groups in total. The molecule has 5 heteroatoms. The molecule has 0 bridgehead atoms. The average molecular weight is 217 g/mol. The summed E-state index contributed by atoms with van der Waals surface area (Å²) >= 11 is 0. The molecular weight excluding hydrogens is 198 g/mol. The zero-order valence-electron chi connectivity index (χ0n) is 9.31. The van der Waals surface area contributed by atoms with Crippen molar-refractivity contribution in [2.75, 3.05) is 33.0 Å².